The van der Waals surface area contributed by atoms with Crippen molar-refractivity contribution in [2.24, 2.45) is 0 Å². The number of piperidine rings is 1. The maximum Gasteiger partial charge on any atom is 0.262 e. The number of carbonyl (C=O) groups excluding carboxylic acids is 2. The van der Waals surface area contributed by atoms with Gasteiger partial charge >= 0.3 is 0 Å². The fraction of sp³-hybridized carbons (Fsp3) is 0.429. The van der Waals surface area contributed by atoms with Crippen LogP contribution in [0, 0.1) is 0 Å². The van der Waals surface area contributed by atoms with Crippen molar-refractivity contribution in [1.82, 2.24) is 4.90 Å². The number of nitrogens with zero attached hydrogens (tertiary/aromatic N) is 1. The Labute approximate surface area is 116 Å². The van der Waals surface area contributed by atoms with Crippen LogP contribution in [0.4, 0.5) is 5.69 Å². The summed E-state index contributed by atoms with van der Waals surface area (Å²) in [6, 6.07) is 4.97. The van der Waals surface area contributed by atoms with E-state index in [-0.39, 0.29) is 18.4 Å². The molecular formula is C14H16N2O4. The number of amides is 2. The number of aliphatic hydroxyl groups is 1. The highest BCUT2D eigenvalue weighted by atomic mass is 16.5. The van der Waals surface area contributed by atoms with Crippen molar-refractivity contribution in [3.05, 3.63) is 23.8 Å². The summed E-state index contributed by atoms with van der Waals surface area (Å²) in [6.07, 6.45) is 1.11. The van der Waals surface area contributed by atoms with Crippen molar-refractivity contribution >= 4 is 17.5 Å². The summed E-state index contributed by atoms with van der Waals surface area (Å²) in [4.78, 5) is 25.2. The fourth-order valence-electron chi connectivity index (χ4n) is 2.53. The Bertz CT molecular complexity index is 558. The second-order valence-corrected chi connectivity index (χ2v) is 5.10. The molecule has 2 aliphatic heterocycles. The molecule has 1 aromatic carbocycles. The molecule has 0 saturated carbocycles. The molecule has 0 aromatic heterocycles. The van der Waals surface area contributed by atoms with Crippen LogP contribution in [0.3, 0.4) is 0 Å². The van der Waals surface area contributed by atoms with Crippen molar-refractivity contribution in [3.8, 4) is 5.75 Å². The Morgan fingerprint density at radius 2 is 2.30 bits per heavy atom. The van der Waals surface area contributed by atoms with Crippen molar-refractivity contribution in [2.45, 2.75) is 18.9 Å². The van der Waals surface area contributed by atoms with Gasteiger partial charge in [-0.25, -0.2) is 0 Å². The van der Waals surface area contributed by atoms with E-state index in [1.807, 2.05) is 0 Å². The molecule has 2 aliphatic rings. The van der Waals surface area contributed by atoms with Gasteiger partial charge in [0.15, 0.2) is 6.61 Å². The number of hydrogen-bond acceptors (Lipinski definition) is 4. The van der Waals surface area contributed by atoms with E-state index in [4.69, 9.17) is 4.74 Å². The molecule has 1 atom stereocenters. The van der Waals surface area contributed by atoms with E-state index in [0.29, 0.717) is 30.1 Å². The van der Waals surface area contributed by atoms with Gasteiger partial charge in [-0.1, -0.05) is 0 Å². The molecule has 2 N–H and O–H groups in total. The minimum atomic E-state index is -0.444. The van der Waals surface area contributed by atoms with Crippen LogP contribution in [0.15, 0.2) is 18.2 Å². The Hall–Kier alpha value is -2.08. The number of benzene rings is 1. The summed E-state index contributed by atoms with van der Waals surface area (Å²) < 4.78 is 5.30. The second kappa shape index (κ2) is 5.13. The Morgan fingerprint density at radius 3 is 3.10 bits per heavy atom. The minimum Gasteiger partial charge on any atom is -0.482 e. The highest BCUT2D eigenvalue weighted by Gasteiger charge is 2.24. The summed E-state index contributed by atoms with van der Waals surface area (Å²) >= 11 is 0. The van der Waals surface area contributed by atoms with Gasteiger partial charge in [-0.15, -0.1) is 0 Å². The van der Waals surface area contributed by atoms with E-state index in [9.17, 15) is 14.7 Å². The van der Waals surface area contributed by atoms with E-state index >= 15 is 0 Å². The van der Waals surface area contributed by atoms with Crippen LogP contribution in [0.2, 0.25) is 0 Å². The lowest BCUT2D eigenvalue weighted by Crippen LogP contribution is -2.42. The van der Waals surface area contributed by atoms with Crippen LogP contribution >= 0.6 is 0 Å². The third kappa shape index (κ3) is 2.46. The van der Waals surface area contributed by atoms with E-state index < -0.39 is 6.10 Å². The number of carbonyl (C=O) groups is 2. The molecule has 1 aromatic rings. The predicted molar refractivity (Wildman–Crippen MR) is 71.7 cm³/mol. The van der Waals surface area contributed by atoms with Crippen molar-refractivity contribution < 1.29 is 19.4 Å². The third-order valence-corrected chi connectivity index (χ3v) is 3.55. The van der Waals surface area contributed by atoms with E-state index in [1.54, 1.807) is 23.1 Å². The zero-order chi connectivity index (χ0) is 14.1. The molecule has 1 saturated heterocycles. The number of nitrogens with one attached hydrogen (secondary N) is 1. The number of aliphatic hydroxyl groups excluding tert-OH is 1. The van der Waals surface area contributed by atoms with E-state index in [2.05, 4.69) is 5.32 Å². The van der Waals surface area contributed by atoms with Crippen LogP contribution in [0.1, 0.15) is 23.2 Å². The zero-order valence-corrected chi connectivity index (χ0v) is 11.0. The molecule has 1 fully saturated rings. The van der Waals surface area contributed by atoms with Gasteiger partial charge in [0.25, 0.3) is 11.8 Å². The first kappa shape index (κ1) is 12.9. The van der Waals surface area contributed by atoms with E-state index in [1.165, 1.54) is 0 Å². The van der Waals surface area contributed by atoms with Crippen LogP contribution in [-0.2, 0) is 4.79 Å². The van der Waals surface area contributed by atoms with Crippen LogP contribution in [0.5, 0.6) is 5.75 Å². The topological polar surface area (TPSA) is 78.9 Å². The van der Waals surface area contributed by atoms with Crippen molar-refractivity contribution in [2.75, 3.05) is 25.0 Å². The standard InChI is InChI=1S/C14H16N2O4/c17-10-2-1-5-16(7-10)14(19)9-3-4-11-12(6-9)20-8-13(18)15-11/h3-4,6,10,17H,1-2,5,7-8H2,(H,15,18). The number of hydrogen-bond donors (Lipinski definition) is 2. The lowest BCUT2D eigenvalue weighted by molar-refractivity contribution is -0.118. The van der Waals surface area contributed by atoms with Gasteiger partial charge in [-0.3, -0.25) is 9.59 Å². The highest BCUT2D eigenvalue weighted by Crippen LogP contribution is 2.29. The van der Waals surface area contributed by atoms with Crippen LogP contribution in [-0.4, -0.2) is 47.6 Å². The summed E-state index contributed by atoms with van der Waals surface area (Å²) in [6.45, 7) is 0.991. The molecule has 6 nitrogen and oxygen atoms in total. The van der Waals surface area contributed by atoms with E-state index in [0.717, 1.165) is 12.8 Å². The Balaban J connectivity index is 1.80. The molecule has 3 rings (SSSR count). The van der Waals surface area contributed by atoms with Gasteiger partial charge in [0.1, 0.15) is 5.75 Å². The van der Waals surface area contributed by atoms with Crippen molar-refractivity contribution in [3.63, 3.8) is 0 Å². The predicted octanol–water partition coefficient (Wildman–Crippen LogP) is 0.614. The summed E-state index contributed by atoms with van der Waals surface area (Å²) in [5, 5.41) is 12.3. The SMILES string of the molecule is O=C1COc2cc(C(=O)N3CCCC(O)C3)ccc2N1. The van der Waals surface area contributed by atoms with Gasteiger partial charge in [0.05, 0.1) is 11.8 Å². The van der Waals surface area contributed by atoms with Crippen LogP contribution in [0.25, 0.3) is 0 Å². The molecule has 2 heterocycles. The van der Waals surface area contributed by atoms with Crippen molar-refractivity contribution in [1.29, 1.82) is 0 Å². The molecule has 0 aliphatic carbocycles. The monoisotopic (exact) mass is 276 g/mol. The lowest BCUT2D eigenvalue weighted by atomic mass is 10.1. The average molecular weight is 276 g/mol. The lowest BCUT2D eigenvalue weighted by Gasteiger charge is -2.30. The average Bonchev–Trinajstić information content (AvgIpc) is 2.46. The number of rotatable bonds is 1. The molecule has 106 valence electrons. The summed E-state index contributed by atoms with van der Waals surface area (Å²) in [5.41, 5.74) is 1.09. The van der Waals surface area contributed by atoms with Gasteiger partial charge in [0.2, 0.25) is 0 Å². The van der Waals surface area contributed by atoms with Gasteiger partial charge in [-0.2, -0.15) is 0 Å². The smallest absolute Gasteiger partial charge is 0.262 e. The second-order valence-electron chi connectivity index (χ2n) is 5.10. The maximum atomic E-state index is 12.4. The summed E-state index contributed by atoms with van der Waals surface area (Å²) in [5.74, 6) is 0.191. The largest absolute Gasteiger partial charge is 0.482 e. The third-order valence-electron chi connectivity index (χ3n) is 3.55. The number of ether oxygens (including phenoxy) is 1. The number of β-amino-alcohol motifs (C(OH)–C–C–N with tert-alkyl or cyclic N) is 1. The molecule has 1 unspecified atom stereocenters. The first-order chi connectivity index (χ1) is 9.63. The maximum absolute atomic E-state index is 12.4. The quantitative estimate of drug-likeness (QED) is 0.788. The zero-order valence-electron chi connectivity index (χ0n) is 11.0. The molecule has 20 heavy (non-hydrogen) atoms. The van der Waals surface area contributed by atoms with Gasteiger partial charge in [0, 0.05) is 18.7 Å². The normalized spacial score (nSPS) is 21.8. The highest BCUT2D eigenvalue weighted by molar-refractivity contribution is 5.99. The number of likely N-dealkylation sites (tertiary alicyclic amines) is 1. The number of anilines is 1. The number of fused-ring (bicyclic) bond motifs is 1. The minimum absolute atomic E-state index is 0.0347. The Morgan fingerprint density at radius 1 is 1.45 bits per heavy atom. The molecule has 0 spiro atoms. The first-order valence-electron chi connectivity index (χ1n) is 6.67. The first-order valence-corrected chi connectivity index (χ1v) is 6.67. The molecule has 0 bridgehead atoms. The Kier molecular flexibility index (Phi) is 3.31. The molecule has 2 amide bonds. The molecule has 6 heteroatoms. The van der Waals surface area contributed by atoms with Gasteiger partial charge < -0.3 is 20.1 Å². The molecular weight excluding hydrogens is 260 g/mol. The van der Waals surface area contributed by atoms with Gasteiger partial charge in [-0.05, 0) is 31.0 Å². The molecule has 0 radical (unpaired) electrons. The van der Waals surface area contributed by atoms with Crippen LogP contribution < -0.4 is 10.1 Å². The summed E-state index contributed by atoms with van der Waals surface area (Å²) in [7, 11) is 0. The fourth-order valence-corrected chi connectivity index (χ4v) is 2.53.